The normalized spacial score (nSPS) is 12.5. The van der Waals surface area contributed by atoms with Gasteiger partial charge in [-0.05, 0) is 36.0 Å². The Morgan fingerprint density at radius 3 is 2.68 bits per heavy atom. The van der Waals surface area contributed by atoms with Gasteiger partial charge in [0.25, 0.3) is 0 Å². The summed E-state index contributed by atoms with van der Waals surface area (Å²) in [5, 5.41) is 11.3. The van der Waals surface area contributed by atoms with Crippen LogP contribution < -0.4 is 10.5 Å². The zero-order chi connectivity index (χ0) is 14.3. The van der Waals surface area contributed by atoms with E-state index in [1.165, 1.54) is 5.56 Å². The van der Waals surface area contributed by atoms with E-state index in [9.17, 15) is 0 Å². The highest BCUT2D eigenvalue weighted by molar-refractivity contribution is 5.79. The maximum absolute atomic E-state index is 8.41. The van der Waals surface area contributed by atoms with Gasteiger partial charge in [-0.25, -0.2) is 0 Å². The highest BCUT2D eigenvalue weighted by Crippen LogP contribution is 2.25. The number of benzene rings is 1. The molecule has 1 aromatic carbocycles. The van der Waals surface area contributed by atoms with Crippen LogP contribution >= 0.6 is 0 Å². The quantitative estimate of drug-likeness (QED) is 0.272. The summed E-state index contributed by atoms with van der Waals surface area (Å²) in [6, 6.07) is 8.19. The van der Waals surface area contributed by atoms with Crippen molar-refractivity contribution in [3.05, 3.63) is 29.8 Å². The number of hydrogen-bond donors (Lipinski definition) is 2. The summed E-state index contributed by atoms with van der Waals surface area (Å²) in [7, 11) is 0. The number of nitrogens with two attached hydrogens (primary N) is 1. The molecule has 0 bridgehead atoms. The molecule has 0 heterocycles. The minimum absolute atomic E-state index is 0.130. The predicted molar refractivity (Wildman–Crippen MR) is 77.9 cm³/mol. The molecule has 0 saturated heterocycles. The summed E-state index contributed by atoms with van der Waals surface area (Å²) in [5.74, 6) is 1.17. The Hall–Kier alpha value is -1.71. The van der Waals surface area contributed by atoms with E-state index < -0.39 is 0 Å². The Bertz CT molecular complexity index is 422. The summed E-state index contributed by atoms with van der Waals surface area (Å²) in [6.07, 6.45) is 2.34. The topological polar surface area (TPSA) is 67.8 Å². The number of nitrogens with zero attached hydrogens (tertiary/aromatic N) is 1. The largest absolute Gasteiger partial charge is 0.494 e. The second-order valence-corrected chi connectivity index (χ2v) is 5.67. The van der Waals surface area contributed by atoms with Gasteiger partial charge in [0, 0.05) is 6.42 Å². The minimum Gasteiger partial charge on any atom is -0.494 e. The van der Waals surface area contributed by atoms with Crippen molar-refractivity contribution < 1.29 is 9.94 Å². The standard InChI is InChI=1S/C15H24N2O2/c1-15(2,3)12-7-6-8-13(11-12)19-10-5-4-9-14(16)17-18/h6-8,11,18H,4-5,9-10H2,1-3H3,(H2,16,17). The van der Waals surface area contributed by atoms with E-state index in [0.29, 0.717) is 13.0 Å². The molecule has 1 aromatic rings. The van der Waals surface area contributed by atoms with Gasteiger partial charge in [0.15, 0.2) is 0 Å². The smallest absolute Gasteiger partial charge is 0.139 e. The van der Waals surface area contributed by atoms with Crippen LogP contribution in [0.15, 0.2) is 29.4 Å². The molecule has 19 heavy (non-hydrogen) atoms. The maximum Gasteiger partial charge on any atom is 0.139 e. The zero-order valence-corrected chi connectivity index (χ0v) is 12.0. The van der Waals surface area contributed by atoms with Gasteiger partial charge in [0.05, 0.1) is 6.61 Å². The second kappa shape index (κ2) is 7.02. The number of rotatable bonds is 6. The lowest BCUT2D eigenvalue weighted by molar-refractivity contribution is 0.304. The fraction of sp³-hybridized carbons (Fsp3) is 0.533. The number of hydrogen-bond acceptors (Lipinski definition) is 3. The molecular formula is C15H24N2O2. The minimum atomic E-state index is 0.130. The molecule has 0 spiro atoms. The SMILES string of the molecule is CC(C)(C)c1cccc(OCCCC/C(N)=N/O)c1. The Morgan fingerprint density at radius 1 is 1.32 bits per heavy atom. The van der Waals surface area contributed by atoms with Crippen LogP contribution in [0, 0.1) is 0 Å². The van der Waals surface area contributed by atoms with Gasteiger partial charge in [0.1, 0.15) is 11.6 Å². The molecule has 3 N–H and O–H groups in total. The molecule has 0 saturated carbocycles. The number of oxime groups is 1. The first-order valence-corrected chi connectivity index (χ1v) is 6.63. The van der Waals surface area contributed by atoms with Crippen LogP contribution in [0.1, 0.15) is 45.6 Å². The van der Waals surface area contributed by atoms with E-state index in [4.69, 9.17) is 15.7 Å². The maximum atomic E-state index is 8.41. The van der Waals surface area contributed by atoms with E-state index in [2.05, 4.69) is 38.1 Å². The summed E-state index contributed by atoms with van der Waals surface area (Å²) in [5.41, 5.74) is 6.79. The van der Waals surface area contributed by atoms with Gasteiger partial charge < -0.3 is 15.7 Å². The van der Waals surface area contributed by atoms with E-state index in [1.54, 1.807) is 0 Å². The molecule has 0 atom stereocenters. The molecule has 4 heteroatoms. The molecule has 0 radical (unpaired) electrons. The second-order valence-electron chi connectivity index (χ2n) is 5.67. The van der Waals surface area contributed by atoms with Crippen LogP contribution in [-0.4, -0.2) is 17.6 Å². The van der Waals surface area contributed by atoms with Crippen molar-refractivity contribution in [2.24, 2.45) is 10.9 Å². The van der Waals surface area contributed by atoms with Crippen LogP contribution in [0.5, 0.6) is 5.75 Å². The predicted octanol–water partition coefficient (Wildman–Crippen LogP) is 3.28. The van der Waals surface area contributed by atoms with Crippen LogP contribution in [0.2, 0.25) is 0 Å². The van der Waals surface area contributed by atoms with Crippen molar-refractivity contribution in [3.8, 4) is 5.75 Å². The lowest BCUT2D eigenvalue weighted by atomic mass is 9.87. The van der Waals surface area contributed by atoms with Crippen LogP contribution in [0.3, 0.4) is 0 Å². The molecule has 0 aliphatic carbocycles. The van der Waals surface area contributed by atoms with Gasteiger partial charge in [-0.3, -0.25) is 0 Å². The highest BCUT2D eigenvalue weighted by atomic mass is 16.5. The average molecular weight is 264 g/mol. The summed E-state index contributed by atoms with van der Waals surface area (Å²) in [6.45, 7) is 7.20. The fourth-order valence-electron chi connectivity index (χ4n) is 1.70. The number of ether oxygens (including phenoxy) is 1. The Morgan fingerprint density at radius 2 is 2.05 bits per heavy atom. The summed E-state index contributed by atoms with van der Waals surface area (Å²) in [4.78, 5) is 0. The van der Waals surface area contributed by atoms with Crippen molar-refractivity contribution >= 4 is 5.84 Å². The first kappa shape index (κ1) is 15.3. The number of amidine groups is 1. The molecule has 0 aliphatic rings. The molecule has 106 valence electrons. The van der Waals surface area contributed by atoms with Crippen molar-refractivity contribution in [1.29, 1.82) is 0 Å². The van der Waals surface area contributed by atoms with Crippen molar-refractivity contribution in [1.82, 2.24) is 0 Å². The van der Waals surface area contributed by atoms with Crippen LogP contribution in [-0.2, 0) is 5.41 Å². The van der Waals surface area contributed by atoms with Gasteiger partial charge in [-0.2, -0.15) is 0 Å². The average Bonchev–Trinajstić information content (AvgIpc) is 2.37. The molecule has 0 amide bonds. The fourth-order valence-corrected chi connectivity index (χ4v) is 1.70. The van der Waals surface area contributed by atoms with E-state index >= 15 is 0 Å². The molecule has 0 unspecified atom stereocenters. The molecule has 0 aliphatic heterocycles. The first-order chi connectivity index (χ1) is 8.93. The van der Waals surface area contributed by atoms with E-state index in [0.717, 1.165) is 18.6 Å². The van der Waals surface area contributed by atoms with Gasteiger partial charge in [0.2, 0.25) is 0 Å². The van der Waals surface area contributed by atoms with Crippen molar-refractivity contribution in [2.45, 2.75) is 45.4 Å². The molecule has 1 rings (SSSR count). The van der Waals surface area contributed by atoms with Crippen molar-refractivity contribution in [2.75, 3.05) is 6.61 Å². The molecule has 0 aromatic heterocycles. The summed E-state index contributed by atoms with van der Waals surface area (Å²) >= 11 is 0. The van der Waals surface area contributed by atoms with E-state index in [1.807, 2.05) is 12.1 Å². The van der Waals surface area contributed by atoms with Crippen LogP contribution in [0.25, 0.3) is 0 Å². The van der Waals surface area contributed by atoms with Gasteiger partial charge in [-0.15, -0.1) is 0 Å². The lowest BCUT2D eigenvalue weighted by Crippen LogP contribution is -2.12. The molecule has 0 fully saturated rings. The van der Waals surface area contributed by atoms with Crippen LogP contribution in [0.4, 0.5) is 0 Å². The first-order valence-electron chi connectivity index (χ1n) is 6.63. The molecule has 4 nitrogen and oxygen atoms in total. The monoisotopic (exact) mass is 264 g/mol. The Labute approximate surface area is 115 Å². The summed E-state index contributed by atoms with van der Waals surface area (Å²) < 4.78 is 5.71. The zero-order valence-electron chi connectivity index (χ0n) is 12.0. The van der Waals surface area contributed by atoms with Gasteiger partial charge >= 0.3 is 0 Å². The van der Waals surface area contributed by atoms with E-state index in [-0.39, 0.29) is 11.3 Å². The van der Waals surface area contributed by atoms with Gasteiger partial charge in [-0.1, -0.05) is 38.1 Å². The van der Waals surface area contributed by atoms with Crippen molar-refractivity contribution in [3.63, 3.8) is 0 Å². The molecular weight excluding hydrogens is 240 g/mol. The lowest BCUT2D eigenvalue weighted by Gasteiger charge is -2.19. The third-order valence-electron chi connectivity index (χ3n) is 2.92. The number of unbranched alkanes of at least 4 members (excludes halogenated alkanes) is 1. The Kier molecular flexibility index (Phi) is 5.67. The Balaban J connectivity index is 2.38. The third kappa shape index (κ3) is 5.64. The third-order valence-corrected chi connectivity index (χ3v) is 2.92. The highest BCUT2D eigenvalue weighted by Gasteiger charge is 2.13.